The molecule has 2 aromatic carbocycles. The zero-order valence-corrected chi connectivity index (χ0v) is 19.1. The second-order valence-electron chi connectivity index (χ2n) is 7.34. The van der Waals surface area contributed by atoms with Crippen molar-refractivity contribution in [2.75, 3.05) is 21.3 Å². The van der Waals surface area contributed by atoms with Crippen LogP contribution in [0.15, 0.2) is 36.4 Å². The van der Waals surface area contributed by atoms with Gasteiger partial charge in [0.25, 0.3) is 11.5 Å². The van der Waals surface area contributed by atoms with Crippen LogP contribution >= 0.6 is 0 Å². The summed E-state index contributed by atoms with van der Waals surface area (Å²) in [5.41, 5.74) is 2.34. The van der Waals surface area contributed by atoms with Gasteiger partial charge in [-0.15, -0.1) is 5.10 Å². The summed E-state index contributed by atoms with van der Waals surface area (Å²) >= 11 is 0. The summed E-state index contributed by atoms with van der Waals surface area (Å²) in [6.45, 7) is 3.14. The molecule has 0 N–H and O–H groups in total. The molecule has 0 bridgehead atoms. The first-order chi connectivity index (χ1) is 16.3. The fraction of sp³-hybridized carbons (Fsp3) is 0.217. The summed E-state index contributed by atoms with van der Waals surface area (Å²) in [5.74, 6) is 1.65. The van der Waals surface area contributed by atoms with Crippen LogP contribution in [0.3, 0.4) is 0 Å². The van der Waals surface area contributed by atoms with Crippen molar-refractivity contribution in [1.82, 2.24) is 19.6 Å². The first-order valence-corrected chi connectivity index (χ1v) is 10.1. The Bertz CT molecular complexity index is 1400. The van der Waals surface area contributed by atoms with Gasteiger partial charge < -0.3 is 14.2 Å². The molecule has 11 nitrogen and oxygen atoms in total. The summed E-state index contributed by atoms with van der Waals surface area (Å²) in [5, 5.41) is 15.7. The monoisotopic (exact) mass is 463 g/mol. The average molecular weight is 463 g/mol. The van der Waals surface area contributed by atoms with E-state index in [0.717, 1.165) is 0 Å². The molecule has 0 saturated carbocycles. The number of aromatic nitrogens is 4. The molecule has 34 heavy (non-hydrogen) atoms. The number of carbonyl (C=O) groups excluding carboxylic acids is 1. The molecule has 0 aliphatic carbocycles. The second kappa shape index (κ2) is 8.77. The molecule has 0 fully saturated rings. The van der Waals surface area contributed by atoms with Crippen LogP contribution in [-0.2, 0) is 0 Å². The maximum absolute atomic E-state index is 12.5. The third-order valence-electron chi connectivity index (χ3n) is 5.29. The minimum Gasteiger partial charge on any atom is -0.493 e. The lowest BCUT2D eigenvalue weighted by molar-refractivity contribution is -0.384. The van der Waals surface area contributed by atoms with Crippen molar-refractivity contribution in [2.24, 2.45) is 0 Å². The Balaban J connectivity index is 1.99. The van der Waals surface area contributed by atoms with Crippen LogP contribution in [0.4, 0.5) is 5.69 Å². The second-order valence-corrected chi connectivity index (χ2v) is 7.34. The molecular weight excluding hydrogens is 442 g/mol. The lowest BCUT2D eigenvalue weighted by Gasteiger charge is -2.13. The number of ether oxygens (including phenoxy) is 3. The SMILES string of the molecule is COc1cc(-c2nc3nc(C)c(C(C)=O)c(-c4ccc([N+](=O)[O-])cc4)n3n2)cc(OC)c1OC. The smallest absolute Gasteiger partial charge is 0.269 e. The molecule has 11 heteroatoms. The topological polar surface area (TPSA) is 131 Å². The third-order valence-corrected chi connectivity index (χ3v) is 5.29. The Morgan fingerprint density at radius 2 is 1.59 bits per heavy atom. The van der Waals surface area contributed by atoms with Crippen molar-refractivity contribution in [3.05, 3.63) is 57.8 Å². The van der Waals surface area contributed by atoms with Crippen LogP contribution in [0.1, 0.15) is 23.0 Å². The maximum atomic E-state index is 12.5. The van der Waals surface area contributed by atoms with Crippen molar-refractivity contribution in [3.63, 3.8) is 0 Å². The molecule has 0 radical (unpaired) electrons. The number of hydrogen-bond acceptors (Lipinski definition) is 9. The van der Waals surface area contributed by atoms with Crippen molar-refractivity contribution in [3.8, 4) is 39.9 Å². The molecule has 174 valence electrons. The van der Waals surface area contributed by atoms with Gasteiger partial charge in [-0.1, -0.05) is 0 Å². The van der Waals surface area contributed by atoms with Gasteiger partial charge in [-0.25, -0.2) is 4.98 Å². The number of ketones is 1. The molecule has 0 amide bonds. The molecule has 0 aliphatic rings. The number of non-ortho nitro benzene ring substituents is 1. The maximum Gasteiger partial charge on any atom is 0.269 e. The predicted molar refractivity (Wildman–Crippen MR) is 123 cm³/mol. The summed E-state index contributed by atoms with van der Waals surface area (Å²) in [6, 6.07) is 9.30. The molecule has 4 rings (SSSR count). The Kier molecular flexibility index (Phi) is 5.84. The first-order valence-electron chi connectivity index (χ1n) is 10.1. The number of nitro benzene ring substituents is 1. The predicted octanol–water partition coefficient (Wildman–Crippen LogP) is 3.90. The largest absolute Gasteiger partial charge is 0.493 e. The Labute approximate surface area is 194 Å². The number of nitrogens with zero attached hydrogens (tertiary/aromatic N) is 5. The molecule has 0 saturated heterocycles. The average Bonchev–Trinajstić information content (AvgIpc) is 3.25. The third kappa shape index (κ3) is 3.76. The number of methoxy groups -OCH3 is 3. The lowest BCUT2D eigenvalue weighted by atomic mass is 10.0. The van der Waals surface area contributed by atoms with Crippen LogP contribution < -0.4 is 14.2 Å². The Hall–Kier alpha value is -4.54. The van der Waals surface area contributed by atoms with Crippen molar-refractivity contribution in [2.45, 2.75) is 13.8 Å². The van der Waals surface area contributed by atoms with Crippen molar-refractivity contribution in [1.29, 1.82) is 0 Å². The van der Waals surface area contributed by atoms with Gasteiger partial charge in [0.05, 0.1) is 43.2 Å². The first kappa shape index (κ1) is 22.6. The molecule has 2 heterocycles. The van der Waals surface area contributed by atoms with Crippen LogP contribution in [0.25, 0.3) is 28.4 Å². The highest BCUT2D eigenvalue weighted by atomic mass is 16.6. The number of Topliss-reactive ketones (excluding diaryl/α,β-unsaturated/α-hetero) is 1. The summed E-state index contributed by atoms with van der Waals surface area (Å²) in [4.78, 5) is 32.2. The van der Waals surface area contributed by atoms with Crippen LogP contribution in [-0.4, -0.2) is 51.6 Å². The number of fused-ring (bicyclic) bond motifs is 1. The van der Waals surface area contributed by atoms with E-state index in [-0.39, 0.29) is 17.2 Å². The van der Waals surface area contributed by atoms with Gasteiger partial charge in [0, 0.05) is 23.3 Å². The Morgan fingerprint density at radius 3 is 2.09 bits per heavy atom. The number of aryl methyl sites for hydroxylation is 1. The van der Waals surface area contributed by atoms with Crippen LogP contribution in [0.5, 0.6) is 17.2 Å². The normalized spacial score (nSPS) is 10.9. The van der Waals surface area contributed by atoms with E-state index < -0.39 is 4.92 Å². The fourth-order valence-electron chi connectivity index (χ4n) is 3.77. The van der Waals surface area contributed by atoms with E-state index in [9.17, 15) is 14.9 Å². The van der Waals surface area contributed by atoms with E-state index >= 15 is 0 Å². The number of nitro groups is 1. The van der Waals surface area contributed by atoms with Crippen LogP contribution in [0, 0.1) is 17.0 Å². The standard InChI is InChI=1S/C23H21N5O6/c1-12-19(13(2)29)20(14-6-8-16(9-7-14)28(30)31)27-23(24-12)25-22(26-27)15-10-17(32-3)21(34-5)18(11-15)33-4/h6-11H,1-5H3. The van der Waals surface area contributed by atoms with Gasteiger partial charge in [-0.3, -0.25) is 14.9 Å². The number of carbonyl (C=O) groups is 1. The lowest BCUT2D eigenvalue weighted by Crippen LogP contribution is -2.09. The summed E-state index contributed by atoms with van der Waals surface area (Å²) in [6.07, 6.45) is 0. The molecule has 4 aromatic rings. The van der Waals surface area contributed by atoms with E-state index in [1.54, 1.807) is 31.2 Å². The van der Waals surface area contributed by atoms with Gasteiger partial charge >= 0.3 is 0 Å². The minimum absolute atomic E-state index is 0.0631. The number of hydrogen-bond donors (Lipinski definition) is 0. The molecule has 2 aromatic heterocycles. The highest BCUT2D eigenvalue weighted by Crippen LogP contribution is 2.41. The van der Waals surface area contributed by atoms with Gasteiger partial charge in [-0.2, -0.15) is 9.50 Å². The highest BCUT2D eigenvalue weighted by Gasteiger charge is 2.23. The number of rotatable bonds is 7. The minimum atomic E-state index is -0.485. The van der Waals surface area contributed by atoms with Crippen molar-refractivity contribution < 1.29 is 23.9 Å². The van der Waals surface area contributed by atoms with Gasteiger partial charge in [0.1, 0.15) is 0 Å². The summed E-state index contributed by atoms with van der Waals surface area (Å²) in [7, 11) is 4.53. The Morgan fingerprint density at radius 1 is 0.971 bits per heavy atom. The van der Waals surface area contributed by atoms with Crippen LogP contribution in [0.2, 0.25) is 0 Å². The highest BCUT2D eigenvalue weighted by molar-refractivity contribution is 6.01. The van der Waals surface area contributed by atoms with E-state index in [0.29, 0.717) is 51.2 Å². The number of benzene rings is 2. The zero-order chi connectivity index (χ0) is 24.6. The zero-order valence-electron chi connectivity index (χ0n) is 19.1. The van der Waals surface area contributed by atoms with Gasteiger partial charge in [0.15, 0.2) is 23.1 Å². The fourth-order valence-corrected chi connectivity index (χ4v) is 3.77. The van der Waals surface area contributed by atoms with Gasteiger partial charge in [-0.05, 0) is 38.1 Å². The van der Waals surface area contributed by atoms with E-state index in [1.165, 1.54) is 44.9 Å². The van der Waals surface area contributed by atoms with Gasteiger partial charge in [0.2, 0.25) is 5.75 Å². The van der Waals surface area contributed by atoms with E-state index in [2.05, 4.69) is 15.1 Å². The quantitative estimate of drug-likeness (QED) is 0.227. The molecular formula is C23H21N5O6. The van der Waals surface area contributed by atoms with Crippen molar-refractivity contribution >= 4 is 17.2 Å². The molecule has 0 atom stereocenters. The molecule has 0 unspecified atom stereocenters. The van der Waals surface area contributed by atoms with E-state index in [4.69, 9.17) is 14.2 Å². The molecule has 0 aliphatic heterocycles. The molecule has 0 spiro atoms. The summed E-state index contributed by atoms with van der Waals surface area (Å²) < 4.78 is 17.7. The van der Waals surface area contributed by atoms with E-state index in [1.807, 2.05) is 0 Å².